The van der Waals surface area contributed by atoms with E-state index in [-0.39, 0.29) is 28.7 Å². The van der Waals surface area contributed by atoms with Gasteiger partial charge in [0.2, 0.25) is 0 Å². The van der Waals surface area contributed by atoms with Crippen molar-refractivity contribution in [3.8, 4) is 34.5 Å². The van der Waals surface area contributed by atoms with Gasteiger partial charge in [0.1, 0.15) is 40.1 Å². The second-order valence-electron chi connectivity index (χ2n) is 9.38. The lowest BCUT2D eigenvalue weighted by atomic mass is 9.63. The average Bonchev–Trinajstić information content (AvgIpc) is 3.06. The molecule has 2 atom stereocenters. The number of hydrogen-bond acceptors (Lipinski definition) is 6. The van der Waals surface area contributed by atoms with Crippen LogP contribution in [0.3, 0.4) is 0 Å². The molecule has 6 nitrogen and oxygen atoms in total. The largest absolute Gasteiger partial charge is 0.508 e. The zero-order valence-corrected chi connectivity index (χ0v) is 19.8. The van der Waals surface area contributed by atoms with E-state index in [2.05, 4.69) is 0 Å². The van der Waals surface area contributed by atoms with E-state index in [4.69, 9.17) is 4.74 Å². The van der Waals surface area contributed by atoms with Gasteiger partial charge in [-0.05, 0) is 78.6 Å². The summed E-state index contributed by atoms with van der Waals surface area (Å²) in [6.45, 7) is 3.87. The maximum Gasteiger partial charge on any atom is 0.145 e. The van der Waals surface area contributed by atoms with Crippen LogP contribution in [0.1, 0.15) is 41.7 Å². The first-order chi connectivity index (χ1) is 17.1. The fraction of sp³-hybridized carbons (Fsp3) is 0.133. The molecule has 0 saturated heterocycles. The zero-order chi connectivity index (χ0) is 25.7. The highest BCUT2D eigenvalue weighted by atomic mass is 16.5. The number of fused-ring (bicyclic) bond motifs is 1. The molecule has 6 heteroatoms. The van der Waals surface area contributed by atoms with Crippen molar-refractivity contribution in [1.29, 1.82) is 0 Å². The predicted molar refractivity (Wildman–Crippen MR) is 137 cm³/mol. The average molecular weight is 483 g/mol. The molecule has 0 unspecified atom stereocenters. The highest BCUT2D eigenvalue weighted by Gasteiger charge is 2.57. The second-order valence-corrected chi connectivity index (χ2v) is 9.38. The van der Waals surface area contributed by atoms with Crippen molar-refractivity contribution in [3.05, 3.63) is 107 Å². The summed E-state index contributed by atoms with van der Waals surface area (Å²) >= 11 is 0. The van der Waals surface area contributed by atoms with Crippen LogP contribution >= 0.6 is 0 Å². The SMILES string of the molecule is C[C@@]1(c2cc(O)cc(O)c2)c2c(/C=C/c3ccc(O)cc3)cc(O)cc2O[C@@]1(C)c1ccc(O)cc1. The lowest BCUT2D eigenvalue weighted by molar-refractivity contribution is 0.0575. The number of rotatable bonds is 4. The van der Waals surface area contributed by atoms with E-state index in [1.807, 2.05) is 26.0 Å². The molecule has 1 aliphatic heterocycles. The normalized spacial score (nSPS) is 20.8. The molecule has 5 N–H and O–H groups in total. The molecule has 1 heterocycles. The van der Waals surface area contributed by atoms with Gasteiger partial charge < -0.3 is 30.3 Å². The summed E-state index contributed by atoms with van der Waals surface area (Å²) in [7, 11) is 0. The Morgan fingerprint density at radius 2 is 1.14 bits per heavy atom. The summed E-state index contributed by atoms with van der Waals surface area (Å²) in [5, 5.41) is 50.8. The third kappa shape index (κ3) is 3.67. The molecule has 5 rings (SSSR count). The third-order valence-electron chi connectivity index (χ3n) is 7.13. The van der Waals surface area contributed by atoms with E-state index >= 15 is 0 Å². The van der Waals surface area contributed by atoms with Crippen LogP contribution in [0.4, 0.5) is 0 Å². The van der Waals surface area contributed by atoms with Crippen LogP contribution in [0.2, 0.25) is 0 Å². The minimum atomic E-state index is -1.04. The van der Waals surface area contributed by atoms with Crippen molar-refractivity contribution in [2.45, 2.75) is 24.9 Å². The summed E-state index contributed by atoms with van der Waals surface area (Å²) < 4.78 is 6.59. The highest BCUT2D eigenvalue weighted by molar-refractivity contribution is 5.77. The van der Waals surface area contributed by atoms with E-state index in [1.165, 1.54) is 6.07 Å². The number of hydrogen-bond donors (Lipinski definition) is 5. The van der Waals surface area contributed by atoms with Gasteiger partial charge in [-0.2, -0.15) is 0 Å². The predicted octanol–water partition coefficient (Wildman–Crippen LogP) is 6.00. The van der Waals surface area contributed by atoms with Gasteiger partial charge in [-0.3, -0.25) is 0 Å². The Labute approximate surface area is 208 Å². The first kappa shape index (κ1) is 23.2. The highest BCUT2D eigenvalue weighted by Crippen LogP contribution is 2.60. The van der Waals surface area contributed by atoms with E-state index in [1.54, 1.807) is 72.8 Å². The molecule has 4 aromatic rings. The van der Waals surface area contributed by atoms with Crippen LogP contribution < -0.4 is 4.74 Å². The van der Waals surface area contributed by atoms with Gasteiger partial charge >= 0.3 is 0 Å². The van der Waals surface area contributed by atoms with Crippen molar-refractivity contribution in [2.75, 3.05) is 0 Å². The summed E-state index contributed by atoms with van der Waals surface area (Å²) in [4.78, 5) is 0. The van der Waals surface area contributed by atoms with Crippen LogP contribution in [-0.2, 0) is 11.0 Å². The van der Waals surface area contributed by atoms with Gasteiger partial charge in [0, 0.05) is 17.7 Å². The van der Waals surface area contributed by atoms with Crippen LogP contribution in [0.15, 0.2) is 78.9 Å². The van der Waals surface area contributed by atoms with Crippen LogP contribution in [0, 0.1) is 0 Å². The molecule has 1 aliphatic rings. The smallest absolute Gasteiger partial charge is 0.145 e. The van der Waals surface area contributed by atoms with Gasteiger partial charge in [-0.25, -0.2) is 0 Å². The van der Waals surface area contributed by atoms with Crippen molar-refractivity contribution in [1.82, 2.24) is 0 Å². The fourth-order valence-corrected chi connectivity index (χ4v) is 5.13. The van der Waals surface area contributed by atoms with E-state index in [0.717, 1.165) is 16.7 Å². The number of phenolic OH excluding ortho intramolecular Hbond substituents is 5. The third-order valence-corrected chi connectivity index (χ3v) is 7.13. The molecule has 182 valence electrons. The zero-order valence-electron chi connectivity index (χ0n) is 19.8. The minimum absolute atomic E-state index is 0.0233. The first-order valence-corrected chi connectivity index (χ1v) is 11.5. The Hall–Kier alpha value is -4.58. The molecule has 0 radical (unpaired) electrons. The minimum Gasteiger partial charge on any atom is -0.508 e. The van der Waals surface area contributed by atoms with Gasteiger partial charge in [-0.1, -0.05) is 36.4 Å². The molecule has 0 amide bonds. The van der Waals surface area contributed by atoms with Gasteiger partial charge in [0.25, 0.3) is 0 Å². The summed E-state index contributed by atoms with van der Waals surface area (Å²) in [5.74, 6) is 0.585. The second kappa shape index (κ2) is 8.27. The fourth-order valence-electron chi connectivity index (χ4n) is 5.13. The van der Waals surface area contributed by atoms with E-state index < -0.39 is 11.0 Å². The topological polar surface area (TPSA) is 110 Å². The maximum absolute atomic E-state index is 10.6. The van der Waals surface area contributed by atoms with Crippen LogP contribution in [0.5, 0.6) is 34.5 Å². The molecule has 4 aromatic carbocycles. The molecule has 0 aromatic heterocycles. The molecular weight excluding hydrogens is 456 g/mol. The van der Waals surface area contributed by atoms with Gasteiger partial charge in [0.15, 0.2) is 0 Å². The number of phenols is 5. The molecule has 0 fully saturated rings. The van der Waals surface area contributed by atoms with E-state index in [0.29, 0.717) is 16.9 Å². The first-order valence-electron chi connectivity index (χ1n) is 11.5. The van der Waals surface area contributed by atoms with Gasteiger partial charge in [-0.15, -0.1) is 0 Å². The number of benzene rings is 4. The Morgan fingerprint density at radius 1 is 0.583 bits per heavy atom. The number of ether oxygens (including phenoxy) is 1. The lowest BCUT2D eigenvalue weighted by Crippen LogP contribution is -2.45. The Morgan fingerprint density at radius 3 is 1.75 bits per heavy atom. The molecular formula is C30H26O6. The van der Waals surface area contributed by atoms with Crippen LogP contribution in [-0.4, -0.2) is 25.5 Å². The van der Waals surface area contributed by atoms with Crippen molar-refractivity contribution in [2.24, 2.45) is 0 Å². The lowest BCUT2D eigenvalue weighted by Gasteiger charge is -2.41. The van der Waals surface area contributed by atoms with Crippen LogP contribution in [0.25, 0.3) is 12.2 Å². The molecule has 0 spiro atoms. The van der Waals surface area contributed by atoms with Gasteiger partial charge in [0.05, 0.1) is 5.41 Å². The summed E-state index contributed by atoms with van der Waals surface area (Å²) in [6.07, 6.45) is 3.73. The van der Waals surface area contributed by atoms with Crippen molar-refractivity contribution < 1.29 is 30.3 Å². The summed E-state index contributed by atoms with van der Waals surface area (Å²) in [5.41, 5.74) is 1.67. The molecule has 0 aliphatic carbocycles. The molecule has 0 saturated carbocycles. The number of aromatic hydroxyl groups is 5. The Balaban J connectivity index is 1.77. The van der Waals surface area contributed by atoms with Crippen molar-refractivity contribution in [3.63, 3.8) is 0 Å². The Kier molecular flexibility index (Phi) is 5.32. The quantitative estimate of drug-likeness (QED) is 0.228. The van der Waals surface area contributed by atoms with E-state index in [9.17, 15) is 25.5 Å². The monoisotopic (exact) mass is 482 g/mol. The molecule has 36 heavy (non-hydrogen) atoms. The molecule has 0 bridgehead atoms. The van der Waals surface area contributed by atoms with Crippen molar-refractivity contribution >= 4 is 12.2 Å². The Bertz CT molecular complexity index is 1450. The standard InChI is InChI=1S/C30H26O6/c1-29(21-14-25(34)16-26(35)15-21)28-19(6-3-18-4-9-22(31)10-5-18)13-24(33)17-27(28)36-30(29,2)20-7-11-23(32)12-8-20/h3-17,31-35H,1-2H3/b6-3+/t29-,30+/m1/s1. The maximum atomic E-state index is 10.6. The summed E-state index contributed by atoms with van der Waals surface area (Å²) in [6, 6.07) is 21.1.